The van der Waals surface area contributed by atoms with Crippen molar-refractivity contribution in [3.8, 4) is 0 Å². The molecule has 90 valence electrons. The number of carboxylic acids is 1. The van der Waals surface area contributed by atoms with Crippen LogP contribution in [0, 0.1) is 0 Å². The van der Waals surface area contributed by atoms with E-state index in [1.165, 1.54) is 0 Å². The number of nitrogens with zero attached hydrogens (tertiary/aromatic N) is 1. The van der Waals surface area contributed by atoms with Crippen molar-refractivity contribution in [1.29, 1.82) is 0 Å². The Morgan fingerprint density at radius 2 is 2.07 bits per heavy atom. The number of nitrogens with one attached hydrogen (secondary N) is 1. The molecule has 15 heavy (non-hydrogen) atoms. The fraction of sp³-hybridized carbons (Fsp3) is 0.909. The second-order valence-corrected chi connectivity index (χ2v) is 3.99. The zero-order chi connectivity index (χ0) is 11.9. The quantitative estimate of drug-likeness (QED) is 0.639. The molecule has 0 saturated carbocycles. The van der Waals surface area contributed by atoms with Crippen LogP contribution in [0.25, 0.3) is 0 Å². The highest BCUT2D eigenvalue weighted by Gasteiger charge is 2.33. The Morgan fingerprint density at radius 3 is 2.40 bits per heavy atom. The van der Waals surface area contributed by atoms with Gasteiger partial charge in [0, 0.05) is 0 Å². The predicted molar refractivity (Wildman–Crippen MR) is 62.1 cm³/mol. The Labute approximate surface area is 92.7 Å². The van der Waals surface area contributed by atoms with Crippen LogP contribution >= 0.6 is 0 Å². The molecule has 0 aliphatic heterocycles. The minimum absolute atomic E-state index is 0.620. The molecule has 1 unspecified atom stereocenters. The van der Waals surface area contributed by atoms with Gasteiger partial charge in [0.25, 0.3) is 0 Å². The second-order valence-electron chi connectivity index (χ2n) is 3.99. The van der Waals surface area contributed by atoms with Crippen molar-refractivity contribution < 1.29 is 9.90 Å². The summed E-state index contributed by atoms with van der Waals surface area (Å²) in [5, 5.41) is 12.1. The smallest absolute Gasteiger partial charge is 0.323 e. The van der Waals surface area contributed by atoms with Crippen LogP contribution < -0.4 is 5.32 Å². The van der Waals surface area contributed by atoms with E-state index in [1.807, 2.05) is 14.0 Å². The van der Waals surface area contributed by atoms with Crippen LogP contribution in [0.5, 0.6) is 0 Å². The van der Waals surface area contributed by atoms with Gasteiger partial charge in [-0.1, -0.05) is 13.8 Å². The highest BCUT2D eigenvalue weighted by Crippen LogP contribution is 2.17. The molecular weight excluding hydrogens is 192 g/mol. The lowest BCUT2D eigenvalue weighted by molar-refractivity contribution is -0.145. The summed E-state index contributed by atoms with van der Waals surface area (Å²) in [4.78, 5) is 13.3. The lowest BCUT2D eigenvalue weighted by Gasteiger charge is -2.28. The van der Waals surface area contributed by atoms with Crippen molar-refractivity contribution in [2.24, 2.45) is 0 Å². The Hall–Kier alpha value is -0.610. The molecule has 0 bridgehead atoms. The minimum Gasteiger partial charge on any atom is -0.480 e. The van der Waals surface area contributed by atoms with Gasteiger partial charge in [-0.25, -0.2) is 0 Å². The van der Waals surface area contributed by atoms with E-state index in [0.717, 1.165) is 19.5 Å². The molecule has 0 heterocycles. The van der Waals surface area contributed by atoms with E-state index < -0.39 is 11.5 Å². The summed E-state index contributed by atoms with van der Waals surface area (Å²) in [5.74, 6) is -0.744. The molecule has 1 atom stereocenters. The molecule has 0 aromatic rings. The van der Waals surface area contributed by atoms with E-state index in [2.05, 4.69) is 17.1 Å². The number of carboxylic acid groups (broad SMARTS) is 1. The zero-order valence-electron chi connectivity index (χ0n) is 10.3. The first-order chi connectivity index (χ1) is 7.02. The average molecular weight is 216 g/mol. The van der Waals surface area contributed by atoms with E-state index in [4.69, 9.17) is 0 Å². The van der Waals surface area contributed by atoms with Crippen molar-refractivity contribution in [2.75, 3.05) is 27.2 Å². The lowest BCUT2D eigenvalue weighted by Crippen LogP contribution is -2.50. The minimum atomic E-state index is -0.744. The molecule has 0 aliphatic carbocycles. The largest absolute Gasteiger partial charge is 0.480 e. The van der Waals surface area contributed by atoms with Crippen molar-refractivity contribution in [2.45, 2.75) is 38.6 Å². The summed E-state index contributed by atoms with van der Waals surface area (Å²) in [7, 11) is 3.77. The Balaban J connectivity index is 4.13. The molecule has 0 aromatic heterocycles. The maximum absolute atomic E-state index is 11.2. The molecular formula is C11H24N2O2. The number of hydrogen-bond donors (Lipinski definition) is 2. The van der Waals surface area contributed by atoms with Crippen LogP contribution in [-0.4, -0.2) is 48.7 Å². The molecule has 0 radical (unpaired) electrons. The van der Waals surface area contributed by atoms with E-state index in [9.17, 15) is 9.90 Å². The van der Waals surface area contributed by atoms with Crippen molar-refractivity contribution in [3.05, 3.63) is 0 Å². The summed E-state index contributed by atoms with van der Waals surface area (Å²) in [6.07, 6.45) is 2.21. The van der Waals surface area contributed by atoms with Gasteiger partial charge in [0.2, 0.25) is 0 Å². The SMILES string of the molecule is CCN(C)CCCC(CC)(NC)C(=O)O. The summed E-state index contributed by atoms with van der Waals surface area (Å²) in [6, 6.07) is 0. The first-order valence-electron chi connectivity index (χ1n) is 5.63. The molecule has 4 nitrogen and oxygen atoms in total. The summed E-state index contributed by atoms with van der Waals surface area (Å²) in [5.41, 5.74) is -0.741. The molecule has 0 rings (SSSR count). The number of rotatable bonds is 8. The highest BCUT2D eigenvalue weighted by molar-refractivity contribution is 5.78. The normalized spacial score (nSPS) is 15.3. The van der Waals surface area contributed by atoms with Crippen molar-refractivity contribution in [1.82, 2.24) is 10.2 Å². The van der Waals surface area contributed by atoms with Crippen LogP contribution in [0.1, 0.15) is 33.1 Å². The van der Waals surface area contributed by atoms with E-state index in [1.54, 1.807) is 7.05 Å². The van der Waals surface area contributed by atoms with Gasteiger partial charge >= 0.3 is 5.97 Å². The molecule has 4 heteroatoms. The van der Waals surface area contributed by atoms with Gasteiger partial charge in [-0.05, 0) is 46.4 Å². The van der Waals surface area contributed by atoms with E-state index >= 15 is 0 Å². The average Bonchev–Trinajstić information content (AvgIpc) is 2.24. The topological polar surface area (TPSA) is 52.6 Å². The molecule has 0 fully saturated rings. The molecule has 2 N–H and O–H groups in total. The first-order valence-corrected chi connectivity index (χ1v) is 5.63. The van der Waals surface area contributed by atoms with Gasteiger partial charge in [0.1, 0.15) is 5.54 Å². The van der Waals surface area contributed by atoms with E-state index in [0.29, 0.717) is 12.8 Å². The number of aliphatic carboxylic acids is 1. The Bertz CT molecular complexity index is 191. The fourth-order valence-electron chi connectivity index (χ4n) is 1.65. The van der Waals surface area contributed by atoms with Crippen LogP contribution in [0.4, 0.5) is 0 Å². The third kappa shape index (κ3) is 4.18. The third-order valence-corrected chi connectivity index (χ3v) is 3.17. The van der Waals surface area contributed by atoms with Gasteiger partial charge < -0.3 is 15.3 Å². The summed E-state index contributed by atoms with van der Waals surface area (Å²) in [6.45, 7) is 5.97. The van der Waals surface area contributed by atoms with Gasteiger partial charge in [-0.15, -0.1) is 0 Å². The molecule has 0 amide bonds. The van der Waals surface area contributed by atoms with Crippen LogP contribution in [-0.2, 0) is 4.79 Å². The van der Waals surface area contributed by atoms with Gasteiger partial charge in [0.05, 0.1) is 0 Å². The monoisotopic (exact) mass is 216 g/mol. The zero-order valence-corrected chi connectivity index (χ0v) is 10.3. The molecule has 0 spiro atoms. The van der Waals surface area contributed by atoms with Gasteiger partial charge in [-0.3, -0.25) is 4.79 Å². The maximum Gasteiger partial charge on any atom is 0.323 e. The van der Waals surface area contributed by atoms with Crippen LogP contribution in [0.3, 0.4) is 0 Å². The van der Waals surface area contributed by atoms with Gasteiger partial charge in [0.15, 0.2) is 0 Å². The molecule has 0 aliphatic rings. The number of hydrogen-bond acceptors (Lipinski definition) is 3. The number of carbonyl (C=O) groups is 1. The standard InChI is InChI=1S/C11H24N2O2/c1-5-11(12-3,10(14)15)8-7-9-13(4)6-2/h12H,5-9H2,1-4H3,(H,14,15). The highest BCUT2D eigenvalue weighted by atomic mass is 16.4. The Kier molecular flexibility index (Phi) is 6.52. The third-order valence-electron chi connectivity index (χ3n) is 3.17. The second kappa shape index (κ2) is 6.80. The maximum atomic E-state index is 11.2. The summed E-state index contributed by atoms with van der Waals surface area (Å²) < 4.78 is 0. The van der Waals surface area contributed by atoms with Gasteiger partial charge in [-0.2, -0.15) is 0 Å². The van der Waals surface area contributed by atoms with Crippen LogP contribution in [0.15, 0.2) is 0 Å². The predicted octanol–water partition coefficient (Wildman–Crippen LogP) is 1.17. The Morgan fingerprint density at radius 1 is 1.47 bits per heavy atom. The first kappa shape index (κ1) is 14.4. The fourth-order valence-corrected chi connectivity index (χ4v) is 1.65. The molecule has 0 aromatic carbocycles. The van der Waals surface area contributed by atoms with Crippen molar-refractivity contribution >= 4 is 5.97 Å². The number of likely N-dealkylation sites (N-methyl/N-ethyl adjacent to an activating group) is 1. The van der Waals surface area contributed by atoms with E-state index in [-0.39, 0.29) is 0 Å². The lowest BCUT2D eigenvalue weighted by atomic mass is 9.90. The molecule has 0 saturated heterocycles. The van der Waals surface area contributed by atoms with Crippen LogP contribution in [0.2, 0.25) is 0 Å². The van der Waals surface area contributed by atoms with Crippen molar-refractivity contribution in [3.63, 3.8) is 0 Å². The summed E-state index contributed by atoms with van der Waals surface area (Å²) >= 11 is 0.